The van der Waals surface area contributed by atoms with E-state index in [9.17, 15) is 9.59 Å². The molecule has 2 amide bonds. The van der Waals surface area contributed by atoms with E-state index in [2.05, 4.69) is 22.9 Å². The maximum absolute atomic E-state index is 12.0. The normalized spacial score (nSPS) is 34.6. The maximum atomic E-state index is 12.0. The van der Waals surface area contributed by atoms with Gasteiger partial charge in [-0.25, -0.2) is 0 Å². The van der Waals surface area contributed by atoms with Gasteiger partial charge < -0.3 is 16.0 Å². The van der Waals surface area contributed by atoms with Crippen molar-refractivity contribution in [2.24, 2.45) is 5.92 Å². The Morgan fingerprint density at radius 2 is 2.38 bits per heavy atom. The molecule has 0 saturated carbocycles. The number of nitrogens with one attached hydrogen (secondary N) is 3. The van der Waals surface area contributed by atoms with Crippen LogP contribution in [0.15, 0.2) is 0 Å². The van der Waals surface area contributed by atoms with Crippen molar-refractivity contribution in [2.75, 3.05) is 19.6 Å². The molecule has 0 bridgehead atoms. The van der Waals surface area contributed by atoms with Crippen molar-refractivity contribution >= 4 is 11.8 Å². The SMILES string of the molecule is CC1(NC(=O)C2CCC(=O)NC2)CCNC1. The van der Waals surface area contributed by atoms with Crippen LogP contribution in [0.4, 0.5) is 0 Å². The molecule has 0 aromatic heterocycles. The number of carbonyl (C=O) groups is 2. The fourth-order valence-electron chi connectivity index (χ4n) is 2.28. The summed E-state index contributed by atoms with van der Waals surface area (Å²) >= 11 is 0. The summed E-state index contributed by atoms with van der Waals surface area (Å²) in [6.45, 7) is 4.33. The summed E-state index contributed by atoms with van der Waals surface area (Å²) < 4.78 is 0. The Bertz CT molecular complexity index is 288. The third kappa shape index (κ3) is 2.52. The fraction of sp³-hybridized carbons (Fsp3) is 0.818. The Kier molecular flexibility index (Phi) is 3.14. The lowest BCUT2D eigenvalue weighted by atomic mass is 9.95. The predicted octanol–water partition coefficient (Wildman–Crippen LogP) is -0.619. The second kappa shape index (κ2) is 4.41. The molecule has 2 atom stereocenters. The summed E-state index contributed by atoms with van der Waals surface area (Å²) in [4.78, 5) is 23.0. The van der Waals surface area contributed by atoms with E-state index < -0.39 is 0 Å². The van der Waals surface area contributed by atoms with Crippen LogP contribution in [0.3, 0.4) is 0 Å². The monoisotopic (exact) mass is 225 g/mol. The van der Waals surface area contributed by atoms with Gasteiger partial charge in [-0.2, -0.15) is 0 Å². The lowest BCUT2D eigenvalue weighted by Crippen LogP contribution is -2.52. The van der Waals surface area contributed by atoms with Gasteiger partial charge in [0, 0.05) is 19.5 Å². The maximum Gasteiger partial charge on any atom is 0.225 e. The summed E-state index contributed by atoms with van der Waals surface area (Å²) in [7, 11) is 0. The standard InChI is InChI=1S/C11H19N3O2/c1-11(4-5-12-7-11)14-10(16)8-2-3-9(15)13-6-8/h8,12H,2-7H2,1H3,(H,13,15)(H,14,16). The number of hydrogen-bond donors (Lipinski definition) is 3. The van der Waals surface area contributed by atoms with Crippen LogP contribution in [0.25, 0.3) is 0 Å². The number of amides is 2. The van der Waals surface area contributed by atoms with Crippen molar-refractivity contribution in [2.45, 2.75) is 31.7 Å². The van der Waals surface area contributed by atoms with Gasteiger partial charge in [-0.05, 0) is 26.3 Å². The fourth-order valence-corrected chi connectivity index (χ4v) is 2.28. The Labute approximate surface area is 95.3 Å². The van der Waals surface area contributed by atoms with E-state index >= 15 is 0 Å². The zero-order valence-electron chi connectivity index (χ0n) is 9.64. The van der Waals surface area contributed by atoms with Gasteiger partial charge in [0.25, 0.3) is 0 Å². The summed E-state index contributed by atoms with van der Waals surface area (Å²) in [5.74, 6) is 0.0686. The molecule has 2 rings (SSSR count). The Hall–Kier alpha value is -1.10. The third-order valence-corrected chi connectivity index (χ3v) is 3.43. The second-order valence-electron chi connectivity index (χ2n) is 5.02. The van der Waals surface area contributed by atoms with Crippen LogP contribution < -0.4 is 16.0 Å². The highest BCUT2D eigenvalue weighted by Gasteiger charge is 2.33. The molecule has 5 nitrogen and oxygen atoms in total. The van der Waals surface area contributed by atoms with E-state index in [0.717, 1.165) is 19.5 Å². The van der Waals surface area contributed by atoms with E-state index in [-0.39, 0.29) is 23.3 Å². The van der Waals surface area contributed by atoms with Crippen LogP contribution in [0, 0.1) is 5.92 Å². The smallest absolute Gasteiger partial charge is 0.225 e. The van der Waals surface area contributed by atoms with Crippen molar-refractivity contribution < 1.29 is 9.59 Å². The van der Waals surface area contributed by atoms with E-state index in [1.165, 1.54) is 0 Å². The number of hydrogen-bond acceptors (Lipinski definition) is 3. The molecule has 2 unspecified atom stereocenters. The molecule has 16 heavy (non-hydrogen) atoms. The van der Waals surface area contributed by atoms with Crippen LogP contribution in [-0.4, -0.2) is 37.0 Å². The molecule has 3 N–H and O–H groups in total. The van der Waals surface area contributed by atoms with Gasteiger partial charge in [-0.15, -0.1) is 0 Å². The molecule has 2 saturated heterocycles. The first-order valence-corrected chi connectivity index (χ1v) is 5.88. The van der Waals surface area contributed by atoms with E-state index in [1.54, 1.807) is 0 Å². The summed E-state index contributed by atoms with van der Waals surface area (Å²) in [6.07, 6.45) is 2.10. The molecule has 2 aliphatic rings. The first kappa shape index (κ1) is 11.4. The van der Waals surface area contributed by atoms with Crippen molar-refractivity contribution in [3.8, 4) is 0 Å². The van der Waals surface area contributed by atoms with Crippen molar-refractivity contribution in [3.05, 3.63) is 0 Å². The molecule has 2 fully saturated rings. The summed E-state index contributed by atoms with van der Waals surface area (Å²) in [5.41, 5.74) is -0.113. The van der Waals surface area contributed by atoms with Crippen LogP contribution in [0.1, 0.15) is 26.2 Å². The van der Waals surface area contributed by atoms with Crippen molar-refractivity contribution in [1.29, 1.82) is 0 Å². The van der Waals surface area contributed by atoms with E-state index in [1.807, 2.05) is 0 Å². The first-order valence-electron chi connectivity index (χ1n) is 5.88. The lowest BCUT2D eigenvalue weighted by molar-refractivity contribution is -0.130. The molecular weight excluding hydrogens is 206 g/mol. The van der Waals surface area contributed by atoms with Gasteiger partial charge in [-0.3, -0.25) is 9.59 Å². The zero-order chi connectivity index (χ0) is 11.6. The van der Waals surface area contributed by atoms with Gasteiger partial charge in [0.15, 0.2) is 0 Å². The van der Waals surface area contributed by atoms with Gasteiger partial charge in [-0.1, -0.05) is 0 Å². The molecule has 5 heteroatoms. The number of carbonyl (C=O) groups excluding carboxylic acids is 2. The van der Waals surface area contributed by atoms with Gasteiger partial charge >= 0.3 is 0 Å². The molecule has 2 heterocycles. The quantitative estimate of drug-likeness (QED) is 0.586. The molecule has 0 aromatic rings. The second-order valence-corrected chi connectivity index (χ2v) is 5.02. The minimum absolute atomic E-state index is 0.0535. The third-order valence-electron chi connectivity index (χ3n) is 3.43. The van der Waals surface area contributed by atoms with Crippen LogP contribution in [0.2, 0.25) is 0 Å². The van der Waals surface area contributed by atoms with Crippen LogP contribution >= 0.6 is 0 Å². The summed E-state index contributed by atoms with van der Waals surface area (Å²) in [6, 6.07) is 0. The van der Waals surface area contributed by atoms with Crippen molar-refractivity contribution in [3.63, 3.8) is 0 Å². The average Bonchev–Trinajstić information content (AvgIpc) is 2.65. The molecule has 0 spiro atoms. The predicted molar refractivity (Wildman–Crippen MR) is 59.8 cm³/mol. The molecule has 0 radical (unpaired) electrons. The highest BCUT2D eigenvalue weighted by atomic mass is 16.2. The summed E-state index contributed by atoms with van der Waals surface area (Å²) in [5, 5.41) is 9.07. The molecule has 2 aliphatic heterocycles. The highest BCUT2D eigenvalue weighted by Crippen LogP contribution is 2.17. The van der Waals surface area contributed by atoms with Gasteiger partial charge in [0.05, 0.1) is 11.5 Å². The number of rotatable bonds is 2. The van der Waals surface area contributed by atoms with Crippen LogP contribution in [0.5, 0.6) is 0 Å². The zero-order valence-corrected chi connectivity index (χ0v) is 9.64. The molecule has 0 aromatic carbocycles. The van der Waals surface area contributed by atoms with E-state index in [4.69, 9.17) is 0 Å². The van der Waals surface area contributed by atoms with Crippen molar-refractivity contribution in [1.82, 2.24) is 16.0 Å². The van der Waals surface area contributed by atoms with Gasteiger partial charge in [0.1, 0.15) is 0 Å². The molecular formula is C11H19N3O2. The minimum Gasteiger partial charge on any atom is -0.355 e. The molecule has 0 aliphatic carbocycles. The Morgan fingerprint density at radius 1 is 1.56 bits per heavy atom. The van der Waals surface area contributed by atoms with Crippen LogP contribution in [-0.2, 0) is 9.59 Å². The average molecular weight is 225 g/mol. The first-order chi connectivity index (χ1) is 7.59. The minimum atomic E-state index is -0.113. The Balaban J connectivity index is 1.85. The van der Waals surface area contributed by atoms with Gasteiger partial charge in [0.2, 0.25) is 11.8 Å². The number of piperidine rings is 1. The Morgan fingerprint density at radius 3 is 2.94 bits per heavy atom. The molecule has 90 valence electrons. The lowest BCUT2D eigenvalue weighted by Gasteiger charge is -2.29. The van der Waals surface area contributed by atoms with E-state index in [0.29, 0.717) is 19.4 Å². The topological polar surface area (TPSA) is 70.2 Å². The highest BCUT2D eigenvalue weighted by molar-refractivity contribution is 5.84. The largest absolute Gasteiger partial charge is 0.355 e.